The Kier molecular flexibility index (Phi) is 3.98. The Morgan fingerprint density at radius 1 is 1.20 bits per heavy atom. The predicted octanol–water partition coefficient (Wildman–Crippen LogP) is 3.15. The van der Waals surface area contributed by atoms with Crippen LogP contribution in [0.1, 0.15) is 34.4 Å². The van der Waals surface area contributed by atoms with Gasteiger partial charge in [-0.1, -0.05) is 6.92 Å². The van der Waals surface area contributed by atoms with Crippen LogP contribution in [0.4, 0.5) is 0 Å². The van der Waals surface area contributed by atoms with E-state index >= 15 is 0 Å². The molecule has 2 aromatic heterocycles. The molecule has 0 saturated carbocycles. The van der Waals surface area contributed by atoms with Crippen LogP contribution in [0.5, 0.6) is 11.6 Å². The van der Waals surface area contributed by atoms with Crippen molar-refractivity contribution in [2.75, 3.05) is 0 Å². The van der Waals surface area contributed by atoms with Gasteiger partial charge in [-0.25, -0.2) is 9.78 Å². The Morgan fingerprint density at radius 2 is 1.95 bits per heavy atom. The number of carbonyl (C=O) groups is 1. The largest absolute Gasteiger partial charge is 0.478 e. The molecular formula is C15H16N2O3. The van der Waals surface area contributed by atoms with Gasteiger partial charge in [-0.15, -0.1) is 0 Å². The molecule has 2 aromatic rings. The minimum absolute atomic E-state index is 0.158. The Hall–Kier alpha value is -2.43. The lowest BCUT2D eigenvalue weighted by Gasteiger charge is -2.10. The van der Waals surface area contributed by atoms with Crippen molar-refractivity contribution in [2.45, 2.75) is 27.2 Å². The van der Waals surface area contributed by atoms with Gasteiger partial charge in [0.05, 0.1) is 11.3 Å². The zero-order valence-electron chi connectivity index (χ0n) is 11.7. The standard InChI is InChI=1S/C15H16N2O3/c1-4-12-13(6-5-9(2)16-12)20-14-8-11(15(18)19)7-10(3)17-14/h5-8H,4H2,1-3H3,(H,18,19). The van der Waals surface area contributed by atoms with Crippen LogP contribution in [0.2, 0.25) is 0 Å². The van der Waals surface area contributed by atoms with Crippen LogP contribution in [-0.2, 0) is 6.42 Å². The van der Waals surface area contributed by atoms with Gasteiger partial charge in [-0.2, -0.15) is 0 Å². The molecule has 0 aliphatic heterocycles. The first kappa shape index (κ1) is 14.0. The summed E-state index contributed by atoms with van der Waals surface area (Å²) in [5.74, 6) is -0.131. The first-order valence-electron chi connectivity index (χ1n) is 6.36. The molecule has 0 spiro atoms. The summed E-state index contributed by atoms with van der Waals surface area (Å²) >= 11 is 0. The molecule has 0 aliphatic carbocycles. The fourth-order valence-corrected chi connectivity index (χ4v) is 1.87. The second-order valence-corrected chi connectivity index (χ2v) is 4.49. The van der Waals surface area contributed by atoms with Gasteiger partial charge < -0.3 is 9.84 Å². The number of carboxylic acid groups (broad SMARTS) is 1. The Balaban J connectivity index is 2.37. The molecule has 0 fully saturated rings. The molecule has 20 heavy (non-hydrogen) atoms. The summed E-state index contributed by atoms with van der Waals surface area (Å²) in [5, 5.41) is 9.04. The number of carboxylic acids is 1. The summed E-state index contributed by atoms with van der Waals surface area (Å²) in [6.45, 7) is 5.63. The van der Waals surface area contributed by atoms with Gasteiger partial charge in [0, 0.05) is 17.5 Å². The van der Waals surface area contributed by atoms with Crippen LogP contribution in [-0.4, -0.2) is 21.0 Å². The number of aryl methyl sites for hydroxylation is 3. The average Bonchev–Trinajstić information content (AvgIpc) is 2.40. The van der Waals surface area contributed by atoms with Gasteiger partial charge in [0.25, 0.3) is 0 Å². The molecule has 2 rings (SSSR count). The summed E-state index contributed by atoms with van der Waals surface area (Å²) in [5.41, 5.74) is 2.49. The molecule has 5 heteroatoms. The second-order valence-electron chi connectivity index (χ2n) is 4.49. The van der Waals surface area contributed by atoms with E-state index in [1.807, 2.05) is 26.0 Å². The van der Waals surface area contributed by atoms with Gasteiger partial charge in [-0.05, 0) is 38.5 Å². The van der Waals surface area contributed by atoms with Gasteiger partial charge in [0.15, 0.2) is 5.75 Å². The van der Waals surface area contributed by atoms with Crippen molar-refractivity contribution < 1.29 is 14.6 Å². The number of rotatable bonds is 4. The zero-order valence-corrected chi connectivity index (χ0v) is 11.7. The first-order chi connectivity index (χ1) is 9.49. The van der Waals surface area contributed by atoms with Gasteiger partial charge in [-0.3, -0.25) is 4.98 Å². The van der Waals surface area contributed by atoms with Gasteiger partial charge >= 0.3 is 5.97 Å². The number of aromatic carboxylic acids is 1. The number of pyridine rings is 2. The summed E-state index contributed by atoms with van der Waals surface area (Å²) in [6.07, 6.45) is 0.731. The topological polar surface area (TPSA) is 72.3 Å². The summed E-state index contributed by atoms with van der Waals surface area (Å²) in [4.78, 5) is 19.6. The van der Waals surface area contributed by atoms with Crippen molar-refractivity contribution in [3.63, 3.8) is 0 Å². The van der Waals surface area contributed by atoms with Crippen LogP contribution >= 0.6 is 0 Å². The van der Waals surface area contributed by atoms with E-state index in [1.165, 1.54) is 12.1 Å². The molecular weight excluding hydrogens is 256 g/mol. The third-order valence-corrected chi connectivity index (χ3v) is 2.80. The average molecular weight is 272 g/mol. The molecule has 0 amide bonds. The van der Waals surface area contributed by atoms with E-state index in [-0.39, 0.29) is 11.4 Å². The van der Waals surface area contributed by atoms with Gasteiger partial charge in [0.2, 0.25) is 5.88 Å². The van der Waals surface area contributed by atoms with Crippen LogP contribution in [0.15, 0.2) is 24.3 Å². The van der Waals surface area contributed by atoms with Crippen molar-refractivity contribution in [3.8, 4) is 11.6 Å². The quantitative estimate of drug-likeness (QED) is 0.925. The highest BCUT2D eigenvalue weighted by Gasteiger charge is 2.10. The summed E-state index contributed by atoms with van der Waals surface area (Å²) < 4.78 is 5.69. The van der Waals surface area contributed by atoms with Gasteiger partial charge in [0.1, 0.15) is 0 Å². The van der Waals surface area contributed by atoms with E-state index in [2.05, 4.69) is 9.97 Å². The summed E-state index contributed by atoms with van der Waals surface area (Å²) in [7, 11) is 0. The van der Waals surface area contributed by atoms with Crippen LogP contribution in [0.25, 0.3) is 0 Å². The van der Waals surface area contributed by atoms with E-state index in [1.54, 1.807) is 6.92 Å². The summed E-state index contributed by atoms with van der Waals surface area (Å²) in [6, 6.07) is 6.59. The van der Waals surface area contributed by atoms with Crippen molar-refractivity contribution in [1.82, 2.24) is 9.97 Å². The van der Waals surface area contributed by atoms with Crippen molar-refractivity contribution in [1.29, 1.82) is 0 Å². The van der Waals surface area contributed by atoms with Crippen molar-refractivity contribution in [2.24, 2.45) is 0 Å². The van der Waals surface area contributed by atoms with Crippen LogP contribution in [0, 0.1) is 13.8 Å². The molecule has 1 N–H and O–H groups in total. The molecule has 104 valence electrons. The fourth-order valence-electron chi connectivity index (χ4n) is 1.87. The normalized spacial score (nSPS) is 10.3. The van der Waals surface area contributed by atoms with Crippen LogP contribution in [0.3, 0.4) is 0 Å². The van der Waals surface area contributed by atoms with E-state index in [4.69, 9.17) is 9.84 Å². The minimum atomic E-state index is -1.00. The predicted molar refractivity (Wildman–Crippen MR) is 74.4 cm³/mol. The fraction of sp³-hybridized carbons (Fsp3) is 0.267. The lowest BCUT2D eigenvalue weighted by Crippen LogP contribution is -2.01. The maximum absolute atomic E-state index is 11.0. The van der Waals surface area contributed by atoms with E-state index in [0.717, 1.165) is 17.8 Å². The maximum Gasteiger partial charge on any atom is 0.335 e. The van der Waals surface area contributed by atoms with E-state index in [9.17, 15) is 4.79 Å². The number of aromatic nitrogens is 2. The zero-order chi connectivity index (χ0) is 14.7. The molecule has 0 aromatic carbocycles. The number of ether oxygens (including phenoxy) is 1. The highest BCUT2D eigenvalue weighted by atomic mass is 16.5. The number of hydrogen-bond acceptors (Lipinski definition) is 4. The molecule has 0 bridgehead atoms. The van der Waals surface area contributed by atoms with Crippen LogP contribution < -0.4 is 4.74 Å². The first-order valence-corrected chi connectivity index (χ1v) is 6.36. The molecule has 5 nitrogen and oxygen atoms in total. The monoisotopic (exact) mass is 272 g/mol. The van der Waals surface area contributed by atoms with E-state index < -0.39 is 5.97 Å². The second kappa shape index (κ2) is 5.69. The molecule has 0 atom stereocenters. The van der Waals surface area contributed by atoms with E-state index in [0.29, 0.717) is 11.4 Å². The molecule has 0 saturated heterocycles. The lowest BCUT2D eigenvalue weighted by molar-refractivity contribution is 0.0696. The third kappa shape index (κ3) is 3.12. The molecule has 0 unspecified atom stereocenters. The smallest absolute Gasteiger partial charge is 0.335 e. The lowest BCUT2D eigenvalue weighted by atomic mass is 10.2. The Labute approximate surface area is 117 Å². The number of nitrogens with zero attached hydrogens (tertiary/aromatic N) is 2. The maximum atomic E-state index is 11.0. The third-order valence-electron chi connectivity index (χ3n) is 2.80. The minimum Gasteiger partial charge on any atom is -0.478 e. The van der Waals surface area contributed by atoms with Crippen molar-refractivity contribution >= 4 is 5.97 Å². The highest BCUT2D eigenvalue weighted by molar-refractivity contribution is 5.88. The number of hydrogen-bond donors (Lipinski definition) is 1. The van der Waals surface area contributed by atoms with Crippen molar-refractivity contribution in [3.05, 3.63) is 46.9 Å². The molecule has 0 aliphatic rings. The molecule has 2 heterocycles. The highest BCUT2D eigenvalue weighted by Crippen LogP contribution is 2.24. The Bertz CT molecular complexity index is 654. The molecule has 0 radical (unpaired) electrons. The SMILES string of the molecule is CCc1nc(C)ccc1Oc1cc(C(=O)O)cc(C)n1. The Morgan fingerprint density at radius 3 is 2.60 bits per heavy atom.